The van der Waals surface area contributed by atoms with Gasteiger partial charge in [0.2, 0.25) is 0 Å². The van der Waals surface area contributed by atoms with Crippen LogP contribution in [0, 0.1) is 0 Å². The summed E-state index contributed by atoms with van der Waals surface area (Å²) in [5.74, 6) is 0. The Bertz CT molecular complexity index is 169. The maximum atomic E-state index is 9.94. The molecule has 0 heterocycles. The predicted molar refractivity (Wildman–Crippen MR) is 65.9 cm³/mol. The van der Waals surface area contributed by atoms with Crippen LogP contribution in [0.3, 0.4) is 0 Å². The topological polar surface area (TPSA) is 49.5 Å². The number of rotatable bonds is 7. The standard InChI is InChI=1S/C12H28N2O/c1-6-7-14(10(2)3)11(4)8-12(5,15)9-13/h10-11,15H,6-9,13H2,1-5H3. The molecular formula is C12H28N2O. The quantitative estimate of drug-likeness (QED) is 0.679. The van der Waals surface area contributed by atoms with Crippen molar-refractivity contribution in [1.82, 2.24) is 4.90 Å². The van der Waals surface area contributed by atoms with Gasteiger partial charge in [0.05, 0.1) is 5.60 Å². The first-order valence-corrected chi connectivity index (χ1v) is 6.02. The fourth-order valence-electron chi connectivity index (χ4n) is 2.08. The Labute approximate surface area is 94.6 Å². The van der Waals surface area contributed by atoms with Gasteiger partial charge >= 0.3 is 0 Å². The highest BCUT2D eigenvalue weighted by Crippen LogP contribution is 2.17. The maximum Gasteiger partial charge on any atom is 0.0756 e. The van der Waals surface area contributed by atoms with Crippen molar-refractivity contribution in [3.8, 4) is 0 Å². The van der Waals surface area contributed by atoms with Crippen molar-refractivity contribution < 1.29 is 5.11 Å². The van der Waals surface area contributed by atoms with Crippen LogP contribution in [-0.2, 0) is 0 Å². The van der Waals surface area contributed by atoms with Crippen LogP contribution in [0.15, 0.2) is 0 Å². The lowest BCUT2D eigenvalue weighted by Crippen LogP contribution is -2.46. The summed E-state index contributed by atoms with van der Waals surface area (Å²) in [7, 11) is 0. The van der Waals surface area contributed by atoms with E-state index >= 15 is 0 Å². The van der Waals surface area contributed by atoms with Gasteiger partial charge in [0.15, 0.2) is 0 Å². The summed E-state index contributed by atoms with van der Waals surface area (Å²) >= 11 is 0. The predicted octanol–water partition coefficient (Wildman–Crippen LogP) is 1.60. The molecule has 0 aromatic carbocycles. The van der Waals surface area contributed by atoms with E-state index < -0.39 is 5.60 Å². The van der Waals surface area contributed by atoms with E-state index in [1.54, 1.807) is 0 Å². The van der Waals surface area contributed by atoms with E-state index in [9.17, 15) is 5.11 Å². The molecule has 0 aliphatic carbocycles. The molecule has 3 N–H and O–H groups in total. The second kappa shape index (κ2) is 6.46. The smallest absolute Gasteiger partial charge is 0.0756 e. The number of hydrogen-bond donors (Lipinski definition) is 2. The highest BCUT2D eigenvalue weighted by Gasteiger charge is 2.25. The third-order valence-corrected chi connectivity index (χ3v) is 2.89. The molecule has 0 bridgehead atoms. The van der Waals surface area contributed by atoms with E-state index in [1.807, 2.05) is 6.92 Å². The lowest BCUT2D eigenvalue weighted by Gasteiger charge is -2.36. The molecule has 92 valence electrons. The third-order valence-electron chi connectivity index (χ3n) is 2.89. The van der Waals surface area contributed by atoms with Crippen molar-refractivity contribution in [2.24, 2.45) is 5.73 Å². The molecule has 0 rings (SSSR count). The van der Waals surface area contributed by atoms with Gasteiger partial charge in [0.1, 0.15) is 0 Å². The first kappa shape index (κ1) is 14.9. The summed E-state index contributed by atoms with van der Waals surface area (Å²) in [6.45, 7) is 12.0. The fraction of sp³-hybridized carbons (Fsp3) is 1.00. The van der Waals surface area contributed by atoms with E-state index in [0.717, 1.165) is 19.4 Å². The molecule has 0 saturated carbocycles. The van der Waals surface area contributed by atoms with E-state index in [2.05, 4.69) is 32.6 Å². The van der Waals surface area contributed by atoms with E-state index in [0.29, 0.717) is 18.6 Å². The monoisotopic (exact) mass is 216 g/mol. The van der Waals surface area contributed by atoms with Crippen LogP contribution < -0.4 is 5.73 Å². The molecule has 0 aromatic rings. The Morgan fingerprint density at radius 2 is 1.87 bits per heavy atom. The van der Waals surface area contributed by atoms with Crippen molar-refractivity contribution >= 4 is 0 Å². The van der Waals surface area contributed by atoms with Gasteiger partial charge in [-0.25, -0.2) is 0 Å². The molecule has 0 saturated heterocycles. The first-order valence-electron chi connectivity index (χ1n) is 6.02. The van der Waals surface area contributed by atoms with Crippen molar-refractivity contribution in [2.75, 3.05) is 13.1 Å². The minimum Gasteiger partial charge on any atom is -0.389 e. The molecule has 0 amide bonds. The highest BCUT2D eigenvalue weighted by atomic mass is 16.3. The third kappa shape index (κ3) is 5.50. The molecule has 2 atom stereocenters. The molecule has 0 spiro atoms. The van der Waals surface area contributed by atoms with E-state index in [-0.39, 0.29) is 0 Å². The zero-order chi connectivity index (χ0) is 12.1. The van der Waals surface area contributed by atoms with Gasteiger partial charge in [-0.3, -0.25) is 4.90 Å². The molecule has 0 radical (unpaired) electrons. The van der Waals surface area contributed by atoms with Gasteiger partial charge in [-0.1, -0.05) is 6.92 Å². The van der Waals surface area contributed by atoms with E-state index in [1.165, 1.54) is 0 Å². The van der Waals surface area contributed by atoms with Crippen LogP contribution in [0.1, 0.15) is 47.5 Å². The van der Waals surface area contributed by atoms with Gasteiger partial charge in [0, 0.05) is 18.6 Å². The van der Waals surface area contributed by atoms with Gasteiger partial charge in [-0.15, -0.1) is 0 Å². The molecule has 0 aliphatic rings. The first-order chi connectivity index (χ1) is 6.84. The summed E-state index contributed by atoms with van der Waals surface area (Å²) in [6, 6.07) is 0.900. The SMILES string of the molecule is CCCN(C(C)C)C(C)CC(C)(O)CN. The van der Waals surface area contributed by atoms with Crippen LogP contribution in [0.2, 0.25) is 0 Å². The normalized spacial score (nSPS) is 18.2. The van der Waals surface area contributed by atoms with E-state index in [4.69, 9.17) is 5.73 Å². The molecule has 3 nitrogen and oxygen atoms in total. The zero-order valence-corrected chi connectivity index (χ0v) is 11.0. The van der Waals surface area contributed by atoms with Crippen LogP contribution in [0.5, 0.6) is 0 Å². The second-order valence-corrected chi connectivity index (χ2v) is 5.09. The Balaban J connectivity index is 4.31. The number of nitrogens with zero attached hydrogens (tertiary/aromatic N) is 1. The van der Waals surface area contributed by atoms with Gasteiger partial charge in [-0.05, 0) is 47.1 Å². The largest absolute Gasteiger partial charge is 0.389 e. The van der Waals surface area contributed by atoms with Crippen molar-refractivity contribution in [2.45, 2.75) is 65.1 Å². The van der Waals surface area contributed by atoms with Gasteiger partial charge in [0.25, 0.3) is 0 Å². The Hall–Kier alpha value is -0.120. The Morgan fingerprint density at radius 3 is 2.20 bits per heavy atom. The molecule has 0 aromatic heterocycles. The summed E-state index contributed by atoms with van der Waals surface area (Å²) < 4.78 is 0. The summed E-state index contributed by atoms with van der Waals surface area (Å²) in [5.41, 5.74) is 4.80. The van der Waals surface area contributed by atoms with Crippen LogP contribution in [-0.4, -0.2) is 40.8 Å². The number of nitrogens with two attached hydrogens (primary N) is 1. The summed E-state index contributed by atoms with van der Waals surface area (Å²) in [5, 5.41) is 9.94. The van der Waals surface area contributed by atoms with Crippen molar-refractivity contribution in [3.63, 3.8) is 0 Å². The van der Waals surface area contributed by atoms with Gasteiger partial charge < -0.3 is 10.8 Å². The van der Waals surface area contributed by atoms with Crippen molar-refractivity contribution in [3.05, 3.63) is 0 Å². The lowest BCUT2D eigenvalue weighted by atomic mass is 9.96. The van der Waals surface area contributed by atoms with Crippen molar-refractivity contribution in [1.29, 1.82) is 0 Å². The minimum atomic E-state index is -0.736. The van der Waals surface area contributed by atoms with Crippen LogP contribution in [0.25, 0.3) is 0 Å². The van der Waals surface area contributed by atoms with Crippen LogP contribution >= 0.6 is 0 Å². The lowest BCUT2D eigenvalue weighted by molar-refractivity contribution is 0.0219. The van der Waals surface area contributed by atoms with Gasteiger partial charge in [-0.2, -0.15) is 0 Å². The summed E-state index contributed by atoms with van der Waals surface area (Å²) in [6.07, 6.45) is 1.88. The Kier molecular flexibility index (Phi) is 6.41. The van der Waals surface area contributed by atoms with Crippen LogP contribution in [0.4, 0.5) is 0 Å². The molecule has 0 fully saturated rings. The molecular weight excluding hydrogens is 188 g/mol. The maximum absolute atomic E-state index is 9.94. The summed E-state index contributed by atoms with van der Waals surface area (Å²) in [4.78, 5) is 2.42. The molecule has 0 aliphatic heterocycles. The number of hydrogen-bond acceptors (Lipinski definition) is 3. The molecule has 15 heavy (non-hydrogen) atoms. The fourth-order valence-corrected chi connectivity index (χ4v) is 2.08. The minimum absolute atomic E-state index is 0.329. The average molecular weight is 216 g/mol. The highest BCUT2D eigenvalue weighted by molar-refractivity contribution is 4.81. The Morgan fingerprint density at radius 1 is 1.33 bits per heavy atom. The molecule has 3 heteroatoms. The second-order valence-electron chi connectivity index (χ2n) is 5.09. The average Bonchev–Trinajstić information content (AvgIpc) is 2.12. The molecule has 2 unspecified atom stereocenters. The zero-order valence-electron chi connectivity index (χ0n) is 11.0. The number of aliphatic hydroxyl groups is 1.